The fourth-order valence-electron chi connectivity index (χ4n) is 2.68. The van der Waals surface area contributed by atoms with Gasteiger partial charge in [0.1, 0.15) is 5.82 Å². The molecule has 5 nitrogen and oxygen atoms in total. The van der Waals surface area contributed by atoms with Gasteiger partial charge in [-0.3, -0.25) is 9.59 Å². The molecule has 29 heavy (non-hydrogen) atoms. The number of carbonyl (C=O) groups is 3. The van der Waals surface area contributed by atoms with Crippen molar-refractivity contribution in [3.63, 3.8) is 0 Å². The van der Waals surface area contributed by atoms with Gasteiger partial charge in [0, 0.05) is 11.1 Å². The highest BCUT2D eigenvalue weighted by Crippen LogP contribution is 2.17. The summed E-state index contributed by atoms with van der Waals surface area (Å²) >= 11 is 0. The average molecular weight is 391 g/mol. The number of benzene rings is 3. The number of para-hydroxylation sites is 1. The Labute approximate surface area is 167 Å². The summed E-state index contributed by atoms with van der Waals surface area (Å²) in [4.78, 5) is 37.6. The molecule has 0 radical (unpaired) electrons. The smallest absolute Gasteiger partial charge is 0.339 e. The van der Waals surface area contributed by atoms with Gasteiger partial charge < -0.3 is 10.1 Å². The summed E-state index contributed by atoms with van der Waals surface area (Å²) in [6.07, 6.45) is -1.19. The van der Waals surface area contributed by atoms with E-state index in [0.29, 0.717) is 5.56 Å². The second-order valence-corrected chi connectivity index (χ2v) is 6.26. The van der Waals surface area contributed by atoms with Gasteiger partial charge in [-0.25, -0.2) is 9.18 Å². The number of ketones is 1. The lowest BCUT2D eigenvalue weighted by Crippen LogP contribution is -2.30. The summed E-state index contributed by atoms with van der Waals surface area (Å²) in [6, 6.07) is 20.4. The normalized spacial score (nSPS) is 11.4. The topological polar surface area (TPSA) is 72.5 Å². The number of ether oxygens (including phenoxy) is 1. The van der Waals surface area contributed by atoms with Crippen molar-refractivity contribution < 1.29 is 23.5 Å². The number of nitrogens with one attached hydrogen (secondary N) is 1. The summed E-state index contributed by atoms with van der Waals surface area (Å²) in [7, 11) is 0. The van der Waals surface area contributed by atoms with Crippen LogP contribution in [0, 0.1) is 5.82 Å². The van der Waals surface area contributed by atoms with E-state index >= 15 is 0 Å². The minimum Gasteiger partial charge on any atom is -0.449 e. The van der Waals surface area contributed by atoms with Crippen molar-refractivity contribution in [1.82, 2.24) is 0 Å². The Bertz CT molecular complexity index is 1050. The second kappa shape index (κ2) is 8.93. The maximum Gasteiger partial charge on any atom is 0.339 e. The highest BCUT2D eigenvalue weighted by Gasteiger charge is 2.23. The monoisotopic (exact) mass is 391 g/mol. The third-order valence-electron chi connectivity index (χ3n) is 4.21. The Morgan fingerprint density at radius 2 is 1.41 bits per heavy atom. The van der Waals surface area contributed by atoms with Crippen molar-refractivity contribution in [3.05, 3.63) is 101 Å². The van der Waals surface area contributed by atoms with Gasteiger partial charge in [-0.1, -0.05) is 60.7 Å². The van der Waals surface area contributed by atoms with E-state index in [2.05, 4.69) is 5.32 Å². The maximum absolute atomic E-state index is 13.7. The van der Waals surface area contributed by atoms with Crippen LogP contribution in [-0.2, 0) is 9.53 Å². The highest BCUT2D eigenvalue weighted by molar-refractivity contribution is 6.14. The van der Waals surface area contributed by atoms with E-state index in [1.807, 2.05) is 0 Å². The molecule has 1 N–H and O–H groups in total. The lowest BCUT2D eigenvalue weighted by Gasteiger charge is -2.15. The number of hydrogen-bond acceptors (Lipinski definition) is 4. The molecule has 6 heteroatoms. The molecule has 0 unspecified atom stereocenters. The molecule has 0 aliphatic rings. The molecule has 0 spiro atoms. The standard InChI is InChI=1S/C23H18FNO4/c1-15(22(27)25-20-14-8-7-13-19(20)24)29-23(28)18-12-6-5-11-17(18)21(26)16-9-3-2-4-10-16/h2-15H,1H3,(H,25,27)/t15-/m1/s1. The van der Waals surface area contributed by atoms with Crippen molar-refractivity contribution in [2.45, 2.75) is 13.0 Å². The molecule has 0 aromatic heterocycles. The first kappa shape index (κ1) is 19.9. The Hall–Kier alpha value is -3.80. The summed E-state index contributed by atoms with van der Waals surface area (Å²) in [5.41, 5.74) is 0.635. The van der Waals surface area contributed by atoms with Gasteiger partial charge in [-0.15, -0.1) is 0 Å². The van der Waals surface area contributed by atoms with E-state index < -0.39 is 23.8 Å². The summed E-state index contributed by atoms with van der Waals surface area (Å²) in [6.45, 7) is 1.37. The van der Waals surface area contributed by atoms with Crippen LogP contribution in [0.2, 0.25) is 0 Å². The van der Waals surface area contributed by atoms with Gasteiger partial charge in [-0.2, -0.15) is 0 Å². The molecular formula is C23H18FNO4. The minimum absolute atomic E-state index is 0.0138. The molecule has 1 atom stereocenters. The SMILES string of the molecule is C[C@@H](OC(=O)c1ccccc1C(=O)c1ccccc1)C(=O)Nc1ccccc1F. The third kappa shape index (κ3) is 4.73. The lowest BCUT2D eigenvalue weighted by atomic mass is 9.98. The molecule has 0 heterocycles. The molecule has 146 valence electrons. The number of carbonyl (C=O) groups excluding carboxylic acids is 3. The minimum atomic E-state index is -1.19. The first-order valence-electron chi connectivity index (χ1n) is 8.92. The van der Waals surface area contributed by atoms with Gasteiger partial charge in [0.05, 0.1) is 11.3 Å². The van der Waals surface area contributed by atoms with Gasteiger partial charge in [0.25, 0.3) is 5.91 Å². The Morgan fingerprint density at radius 1 is 0.828 bits per heavy atom. The van der Waals surface area contributed by atoms with Crippen LogP contribution in [0.3, 0.4) is 0 Å². The fourth-order valence-corrected chi connectivity index (χ4v) is 2.68. The van der Waals surface area contributed by atoms with Crippen molar-refractivity contribution in [2.24, 2.45) is 0 Å². The molecule has 0 aliphatic carbocycles. The van der Waals surface area contributed by atoms with Crippen LogP contribution in [0.5, 0.6) is 0 Å². The summed E-state index contributed by atoms with van der Waals surface area (Å²) in [5.74, 6) is -2.43. The molecule has 3 aromatic carbocycles. The van der Waals surface area contributed by atoms with E-state index in [0.717, 1.165) is 0 Å². The third-order valence-corrected chi connectivity index (χ3v) is 4.21. The number of hydrogen-bond donors (Lipinski definition) is 1. The van der Waals surface area contributed by atoms with Crippen LogP contribution in [0.25, 0.3) is 0 Å². The zero-order chi connectivity index (χ0) is 20.8. The number of amides is 1. The number of rotatable bonds is 6. The van der Waals surface area contributed by atoms with Crippen LogP contribution in [-0.4, -0.2) is 23.8 Å². The Morgan fingerprint density at radius 3 is 2.10 bits per heavy atom. The molecule has 0 fully saturated rings. The zero-order valence-corrected chi connectivity index (χ0v) is 15.6. The predicted octanol–water partition coefficient (Wildman–Crippen LogP) is 4.24. The molecule has 0 bridgehead atoms. The predicted molar refractivity (Wildman–Crippen MR) is 106 cm³/mol. The van der Waals surface area contributed by atoms with E-state index in [9.17, 15) is 18.8 Å². The van der Waals surface area contributed by atoms with E-state index in [1.54, 1.807) is 48.5 Å². The van der Waals surface area contributed by atoms with E-state index in [-0.39, 0.29) is 22.6 Å². The van der Waals surface area contributed by atoms with Crippen LogP contribution in [0.1, 0.15) is 33.2 Å². The second-order valence-electron chi connectivity index (χ2n) is 6.26. The van der Waals surface area contributed by atoms with Crippen LogP contribution in [0.15, 0.2) is 78.9 Å². The molecule has 1 amide bonds. The fraction of sp³-hybridized carbons (Fsp3) is 0.0870. The lowest BCUT2D eigenvalue weighted by molar-refractivity contribution is -0.123. The Kier molecular flexibility index (Phi) is 6.14. The molecule has 0 saturated carbocycles. The maximum atomic E-state index is 13.7. The van der Waals surface area contributed by atoms with Crippen LogP contribution < -0.4 is 5.32 Å². The van der Waals surface area contributed by atoms with Crippen molar-refractivity contribution in [3.8, 4) is 0 Å². The van der Waals surface area contributed by atoms with Crippen LogP contribution in [0.4, 0.5) is 10.1 Å². The van der Waals surface area contributed by atoms with Gasteiger partial charge >= 0.3 is 5.97 Å². The quantitative estimate of drug-likeness (QED) is 0.504. The number of esters is 1. The molecule has 3 aromatic rings. The molecule has 0 aliphatic heterocycles. The molecule has 3 rings (SSSR count). The zero-order valence-electron chi connectivity index (χ0n) is 15.6. The van der Waals surface area contributed by atoms with Gasteiger partial charge in [0.2, 0.25) is 0 Å². The highest BCUT2D eigenvalue weighted by atomic mass is 19.1. The van der Waals surface area contributed by atoms with E-state index in [1.165, 1.54) is 37.3 Å². The van der Waals surface area contributed by atoms with E-state index in [4.69, 9.17) is 4.74 Å². The van der Waals surface area contributed by atoms with Crippen molar-refractivity contribution >= 4 is 23.3 Å². The van der Waals surface area contributed by atoms with Crippen LogP contribution >= 0.6 is 0 Å². The van der Waals surface area contributed by atoms with Crippen molar-refractivity contribution in [2.75, 3.05) is 5.32 Å². The van der Waals surface area contributed by atoms with Crippen molar-refractivity contribution in [1.29, 1.82) is 0 Å². The molecular weight excluding hydrogens is 373 g/mol. The molecule has 0 saturated heterocycles. The largest absolute Gasteiger partial charge is 0.449 e. The van der Waals surface area contributed by atoms with Gasteiger partial charge in [-0.05, 0) is 25.1 Å². The first-order valence-corrected chi connectivity index (χ1v) is 8.92. The number of halogens is 1. The number of anilines is 1. The van der Waals surface area contributed by atoms with Gasteiger partial charge in [0.15, 0.2) is 11.9 Å². The summed E-state index contributed by atoms with van der Waals surface area (Å²) in [5, 5.41) is 2.37. The first-order chi connectivity index (χ1) is 14.0. The Balaban J connectivity index is 1.75. The summed E-state index contributed by atoms with van der Waals surface area (Å²) < 4.78 is 18.9. The average Bonchev–Trinajstić information content (AvgIpc) is 2.75.